The number of aromatic amines is 1. The number of nitrogens with zero attached hydrogens (tertiary/aromatic N) is 2. The minimum Gasteiger partial charge on any atom is -0.508 e. The van der Waals surface area contributed by atoms with Crippen LogP contribution in [0.5, 0.6) is 5.75 Å². The second-order valence-electron chi connectivity index (χ2n) is 6.11. The zero-order chi connectivity index (χ0) is 17.9. The predicted octanol–water partition coefficient (Wildman–Crippen LogP) is 4.90. The number of H-pyrrole nitrogens is 1. The quantitative estimate of drug-likeness (QED) is 0.461. The van der Waals surface area contributed by atoms with Gasteiger partial charge in [-0.2, -0.15) is 5.10 Å². The molecule has 3 N–H and O–H groups in total. The standard InChI is InChI=1S/C21H18N4O/c1-14-10-18(26)7-8-19(14)23-21-12-20(24-25-21)16-5-2-4-15(11-16)17-6-3-9-22-13-17/h2-13,26H,1H3,(H2,23,24,25). The first kappa shape index (κ1) is 15.9. The third-order valence-corrected chi connectivity index (χ3v) is 4.22. The van der Waals surface area contributed by atoms with E-state index in [2.05, 4.69) is 32.6 Å². The number of benzene rings is 2. The maximum absolute atomic E-state index is 9.52. The van der Waals surface area contributed by atoms with Crippen molar-refractivity contribution in [3.63, 3.8) is 0 Å². The van der Waals surface area contributed by atoms with E-state index in [0.717, 1.165) is 39.5 Å². The molecule has 0 fully saturated rings. The Balaban J connectivity index is 1.60. The van der Waals surface area contributed by atoms with Crippen LogP contribution in [0.3, 0.4) is 0 Å². The number of aromatic nitrogens is 3. The minimum atomic E-state index is 0.253. The van der Waals surface area contributed by atoms with Crippen LogP contribution in [0.2, 0.25) is 0 Å². The van der Waals surface area contributed by atoms with E-state index in [1.54, 1.807) is 18.3 Å². The molecule has 26 heavy (non-hydrogen) atoms. The van der Waals surface area contributed by atoms with E-state index >= 15 is 0 Å². The Kier molecular flexibility index (Phi) is 4.11. The second-order valence-corrected chi connectivity index (χ2v) is 6.11. The van der Waals surface area contributed by atoms with Gasteiger partial charge in [-0.3, -0.25) is 10.1 Å². The molecule has 0 radical (unpaired) electrons. The van der Waals surface area contributed by atoms with Crippen LogP contribution in [0.1, 0.15) is 5.56 Å². The number of pyridine rings is 1. The van der Waals surface area contributed by atoms with Gasteiger partial charge in [-0.15, -0.1) is 0 Å². The van der Waals surface area contributed by atoms with E-state index in [1.807, 2.05) is 49.5 Å². The molecule has 0 aliphatic carbocycles. The normalized spacial score (nSPS) is 10.7. The molecule has 0 saturated carbocycles. The molecule has 0 spiro atoms. The largest absolute Gasteiger partial charge is 0.508 e. The Hall–Kier alpha value is -3.60. The summed E-state index contributed by atoms with van der Waals surface area (Å²) >= 11 is 0. The molecule has 4 aromatic rings. The SMILES string of the molecule is Cc1cc(O)ccc1Nc1cc(-c2cccc(-c3cccnc3)c2)[nH]n1. The Bertz CT molecular complexity index is 1040. The number of phenolic OH excluding ortho intramolecular Hbond substituents is 1. The second kappa shape index (κ2) is 6.72. The summed E-state index contributed by atoms with van der Waals surface area (Å²) in [7, 11) is 0. The summed E-state index contributed by atoms with van der Waals surface area (Å²) in [5, 5.41) is 20.2. The van der Waals surface area contributed by atoms with Crippen LogP contribution >= 0.6 is 0 Å². The van der Waals surface area contributed by atoms with Crippen molar-refractivity contribution < 1.29 is 5.11 Å². The summed E-state index contributed by atoms with van der Waals surface area (Å²) in [4.78, 5) is 4.18. The van der Waals surface area contributed by atoms with Crippen molar-refractivity contribution in [3.05, 3.63) is 78.6 Å². The number of nitrogens with one attached hydrogen (secondary N) is 2. The molecule has 2 aromatic carbocycles. The highest BCUT2D eigenvalue weighted by Crippen LogP contribution is 2.28. The van der Waals surface area contributed by atoms with Crippen LogP contribution in [0, 0.1) is 6.92 Å². The van der Waals surface area contributed by atoms with Crippen molar-refractivity contribution in [1.82, 2.24) is 15.2 Å². The van der Waals surface area contributed by atoms with Gasteiger partial charge in [0.2, 0.25) is 0 Å². The molecule has 128 valence electrons. The number of aromatic hydroxyl groups is 1. The van der Waals surface area contributed by atoms with Crippen LogP contribution in [0.15, 0.2) is 73.1 Å². The highest BCUT2D eigenvalue weighted by molar-refractivity contribution is 5.73. The molecule has 0 aliphatic rings. The monoisotopic (exact) mass is 342 g/mol. The molecule has 5 heteroatoms. The number of rotatable bonds is 4. The van der Waals surface area contributed by atoms with Gasteiger partial charge in [-0.1, -0.05) is 24.3 Å². The third kappa shape index (κ3) is 3.28. The Morgan fingerprint density at radius 3 is 2.58 bits per heavy atom. The molecule has 2 heterocycles. The van der Waals surface area contributed by atoms with Gasteiger partial charge in [0.15, 0.2) is 5.82 Å². The van der Waals surface area contributed by atoms with Crippen molar-refractivity contribution in [2.24, 2.45) is 0 Å². The summed E-state index contributed by atoms with van der Waals surface area (Å²) in [6.07, 6.45) is 3.62. The minimum absolute atomic E-state index is 0.253. The lowest BCUT2D eigenvalue weighted by Crippen LogP contribution is -1.92. The first-order valence-electron chi connectivity index (χ1n) is 8.32. The Labute approximate surface area is 151 Å². The number of aryl methyl sites for hydroxylation is 1. The number of hydrogen-bond donors (Lipinski definition) is 3. The molecule has 0 amide bonds. The van der Waals surface area contributed by atoms with Crippen LogP contribution in [-0.4, -0.2) is 20.3 Å². The van der Waals surface area contributed by atoms with Gasteiger partial charge in [0.05, 0.1) is 5.69 Å². The van der Waals surface area contributed by atoms with E-state index in [4.69, 9.17) is 0 Å². The fourth-order valence-corrected chi connectivity index (χ4v) is 2.86. The summed E-state index contributed by atoms with van der Waals surface area (Å²) < 4.78 is 0. The van der Waals surface area contributed by atoms with Crippen LogP contribution in [0.4, 0.5) is 11.5 Å². The smallest absolute Gasteiger partial charge is 0.152 e. The zero-order valence-corrected chi connectivity index (χ0v) is 14.3. The predicted molar refractivity (Wildman–Crippen MR) is 103 cm³/mol. The summed E-state index contributed by atoms with van der Waals surface area (Å²) in [6.45, 7) is 1.94. The maximum atomic E-state index is 9.52. The first-order valence-corrected chi connectivity index (χ1v) is 8.32. The van der Waals surface area contributed by atoms with Gasteiger partial charge >= 0.3 is 0 Å². The molecule has 0 saturated heterocycles. The van der Waals surface area contributed by atoms with E-state index in [9.17, 15) is 5.11 Å². The third-order valence-electron chi connectivity index (χ3n) is 4.22. The van der Waals surface area contributed by atoms with Crippen molar-refractivity contribution in [3.8, 4) is 28.1 Å². The lowest BCUT2D eigenvalue weighted by Gasteiger charge is -2.06. The van der Waals surface area contributed by atoms with Crippen molar-refractivity contribution >= 4 is 11.5 Å². The molecule has 0 aliphatic heterocycles. The van der Waals surface area contributed by atoms with Gasteiger partial charge in [0.25, 0.3) is 0 Å². The molecule has 0 unspecified atom stereocenters. The Morgan fingerprint density at radius 2 is 1.77 bits per heavy atom. The van der Waals surface area contributed by atoms with Gasteiger partial charge in [-0.05, 0) is 48.4 Å². The van der Waals surface area contributed by atoms with Gasteiger partial charge in [-0.25, -0.2) is 0 Å². The van der Waals surface area contributed by atoms with Crippen molar-refractivity contribution in [2.45, 2.75) is 6.92 Å². The van der Waals surface area contributed by atoms with Crippen LogP contribution in [0.25, 0.3) is 22.4 Å². The van der Waals surface area contributed by atoms with Gasteiger partial charge in [0.1, 0.15) is 5.75 Å². The van der Waals surface area contributed by atoms with E-state index < -0.39 is 0 Å². The average molecular weight is 342 g/mol. The van der Waals surface area contributed by atoms with Gasteiger partial charge < -0.3 is 10.4 Å². The van der Waals surface area contributed by atoms with E-state index in [1.165, 1.54) is 0 Å². The molecule has 4 rings (SSSR count). The van der Waals surface area contributed by atoms with E-state index in [0.29, 0.717) is 0 Å². The summed E-state index contributed by atoms with van der Waals surface area (Å²) in [6, 6.07) is 19.4. The zero-order valence-electron chi connectivity index (χ0n) is 14.3. The summed E-state index contributed by atoms with van der Waals surface area (Å²) in [5.41, 5.74) is 6.02. The van der Waals surface area contributed by atoms with Crippen molar-refractivity contribution in [1.29, 1.82) is 0 Å². The average Bonchev–Trinajstić information content (AvgIpc) is 3.14. The number of anilines is 2. The molecular weight excluding hydrogens is 324 g/mol. The van der Waals surface area contributed by atoms with Crippen LogP contribution < -0.4 is 5.32 Å². The van der Waals surface area contributed by atoms with Crippen LogP contribution in [-0.2, 0) is 0 Å². The maximum Gasteiger partial charge on any atom is 0.152 e. The fourth-order valence-electron chi connectivity index (χ4n) is 2.86. The van der Waals surface area contributed by atoms with E-state index in [-0.39, 0.29) is 5.75 Å². The molecular formula is C21H18N4O. The molecule has 5 nitrogen and oxygen atoms in total. The first-order chi connectivity index (χ1) is 12.7. The fraction of sp³-hybridized carbons (Fsp3) is 0.0476. The number of phenols is 1. The number of hydrogen-bond acceptors (Lipinski definition) is 4. The highest BCUT2D eigenvalue weighted by Gasteiger charge is 2.07. The van der Waals surface area contributed by atoms with Crippen molar-refractivity contribution in [2.75, 3.05) is 5.32 Å². The topological polar surface area (TPSA) is 73.8 Å². The highest BCUT2D eigenvalue weighted by atomic mass is 16.3. The summed E-state index contributed by atoms with van der Waals surface area (Å²) in [5.74, 6) is 0.976. The lowest BCUT2D eigenvalue weighted by atomic mass is 10.0. The lowest BCUT2D eigenvalue weighted by molar-refractivity contribution is 0.475. The molecule has 0 bridgehead atoms. The Morgan fingerprint density at radius 1 is 0.923 bits per heavy atom. The molecule has 2 aromatic heterocycles. The van der Waals surface area contributed by atoms with Gasteiger partial charge in [0, 0.05) is 35.3 Å². The molecule has 0 atom stereocenters.